The molecule has 2 aromatic rings. The highest BCUT2D eigenvalue weighted by molar-refractivity contribution is 9.10. The van der Waals surface area contributed by atoms with E-state index in [0.717, 1.165) is 10.0 Å². The van der Waals surface area contributed by atoms with Gasteiger partial charge in [-0.3, -0.25) is 0 Å². The Bertz CT molecular complexity index is 594. The highest BCUT2D eigenvalue weighted by Crippen LogP contribution is 2.17. The van der Waals surface area contributed by atoms with Gasteiger partial charge in [-0.2, -0.15) is 5.26 Å². The van der Waals surface area contributed by atoms with E-state index in [0.29, 0.717) is 18.2 Å². The summed E-state index contributed by atoms with van der Waals surface area (Å²) in [5.74, 6) is 1.34. The largest absolute Gasteiger partial charge is 0.366 e. The molecule has 0 aliphatic rings. The molecule has 0 aliphatic carbocycles. The number of nitriles is 1. The molecule has 1 heterocycles. The number of nitrogens with zero attached hydrogens (tertiary/aromatic N) is 3. The molecule has 0 saturated carbocycles. The minimum Gasteiger partial charge on any atom is -0.366 e. The Hall–Kier alpha value is -2.13. The normalized spacial score (nSPS) is 9.68. The molecule has 1 aromatic carbocycles. The SMILES string of the molecule is N#CCNc1cc(NCc2ccccc2Br)ncn1. The number of rotatable bonds is 5. The van der Waals surface area contributed by atoms with Gasteiger partial charge in [-0.1, -0.05) is 34.1 Å². The molecule has 5 nitrogen and oxygen atoms in total. The summed E-state index contributed by atoms with van der Waals surface area (Å²) >= 11 is 3.50. The van der Waals surface area contributed by atoms with E-state index in [4.69, 9.17) is 5.26 Å². The maximum atomic E-state index is 8.50. The summed E-state index contributed by atoms with van der Waals surface area (Å²) < 4.78 is 1.05. The van der Waals surface area contributed by atoms with Crippen LogP contribution in [0, 0.1) is 11.3 Å². The van der Waals surface area contributed by atoms with Gasteiger partial charge in [0.25, 0.3) is 0 Å². The molecule has 96 valence electrons. The average Bonchev–Trinajstić information content (AvgIpc) is 2.45. The summed E-state index contributed by atoms with van der Waals surface area (Å²) in [5, 5.41) is 14.6. The fourth-order valence-corrected chi connectivity index (χ4v) is 1.93. The zero-order valence-electron chi connectivity index (χ0n) is 10.1. The van der Waals surface area contributed by atoms with Crippen LogP contribution in [0.2, 0.25) is 0 Å². The molecule has 0 aliphatic heterocycles. The Morgan fingerprint density at radius 2 is 1.89 bits per heavy atom. The second-order valence-corrected chi connectivity index (χ2v) is 4.60. The van der Waals surface area contributed by atoms with Crippen molar-refractivity contribution in [3.8, 4) is 6.07 Å². The van der Waals surface area contributed by atoms with Crippen LogP contribution in [0.25, 0.3) is 0 Å². The van der Waals surface area contributed by atoms with Crippen molar-refractivity contribution in [1.29, 1.82) is 5.26 Å². The van der Waals surface area contributed by atoms with Gasteiger partial charge in [0.15, 0.2) is 0 Å². The van der Waals surface area contributed by atoms with Crippen molar-refractivity contribution in [2.45, 2.75) is 6.54 Å². The smallest absolute Gasteiger partial charge is 0.132 e. The zero-order valence-corrected chi connectivity index (χ0v) is 11.7. The topological polar surface area (TPSA) is 73.6 Å². The van der Waals surface area contributed by atoms with Gasteiger partial charge in [0.1, 0.15) is 24.5 Å². The van der Waals surface area contributed by atoms with Gasteiger partial charge in [-0.05, 0) is 11.6 Å². The van der Waals surface area contributed by atoms with Crippen LogP contribution in [-0.2, 0) is 6.54 Å². The monoisotopic (exact) mass is 317 g/mol. The lowest BCUT2D eigenvalue weighted by molar-refractivity contribution is 1.07. The molecule has 0 fully saturated rings. The first kappa shape index (κ1) is 13.3. The van der Waals surface area contributed by atoms with Crippen LogP contribution in [-0.4, -0.2) is 16.5 Å². The molecule has 0 spiro atoms. The van der Waals surface area contributed by atoms with Crippen LogP contribution < -0.4 is 10.6 Å². The Labute approximate surface area is 119 Å². The molecule has 0 bridgehead atoms. The van der Waals surface area contributed by atoms with Gasteiger partial charge in [-0.15, -0.1) is 0 Å². The first-order valence-corrected chi connectivity index (χ1v) is 6.49. The Kier molecular flexibility index (Phi) is 4.70. The molecular formula is C13H12BrN5. The molecule has 2 rings (SSSR count). The summed E-state index contributed by atoms with van der Waals surface area (Å²) in [6, 6.07) is 11.8. The van der Waals surface area contributed by atoms with E-state index in [1.165, 1.54) is 6.33 Å². The van der Waals surface area contributed by atoms with Crippen molar-refractivity contribution in [2.24, 2.45) is 0 Å². The van der Waals surface area contributed by atoms with E-state index in [9.17, 15) is 0 Å². The van der Waals surface area contributed by atoms with Gasteiger partial charge in [0, 0.05) is 17.1 Å². The molecule has 19 heavy (non-hydrogen) atoms. The van der Waals surface area contributed by atoms with Crippen LogP contribution in [0.5, 0.6) is 0 Å². The third kappa shape index (κ3) is 3.93. The maximum absolute atomic E-state index is 8.50. The number of hydrogen-bond acceptors (Lipinski definition) is 5. The minimum atomic E-state index is 0.223. The van der Waals surface area contributed by atoms with Crippen molar-refractivity contribution in [1.82, 2.24) is 9.97 Å². The lowest BCUT2D eigenvalue weighted by Crippen LogP contribution is -2.05. The van der Waals surface area contributed by atoms with Crippen molar-refractivity contribution in [3.05, 3.63) is 46.7 Å². The second kappa shape index (κ2) is 6.71. The van der Waals surface area contributed by atoms with Crippen LogP contribution in [0.1, 0.15) is 5.56 Å². The van der Waals surface area contributed by atoms with E-state index in [1.807, 2.05) is 30.3 Å². The van der Waals surface area contributed by atoms with Crippen molar-refractivity contribution in [3.63, 3.8) is 0 Å². The molecule has 2 N–H and O–H groups in total. The molecular weight excluding hydrogens is 306 g/mol. The maximum Gasteiger partial charge on any atom is 0.132 e. The number of hydrogen-bond donors (Lipinski definition) is 2. The average molecular weight is 318 g/mol. The first-order valence-electron chi connectivity index (χ1n) is 5.70. The van der Waals surface area contributed by atoms with Crippen LogP contribution in [0.15, 0.2) is 41.1 Å². The van der Waals surface area contributed by atoms with Gasteiger partial charge >= 0.3 is 0 Å². The van der Waals surface area contributed by atoms with E-state index in [2.05, 4.69) is 36.5 Å². The standard InChI is InChI=1S/C13H12BrN5/c14-11-4-2-1-3-10(11)8-17-13-7-12(16-6-5-15)18-9-19-13/h1-4,7,9H,6,8H2,(H2,16,17,18,19). The second-order valence-electron chi connectivity index (χ2n) is 3.75. The predicted molar refractivity (Wildman–Crippen MR) is 77.6 cm³/mol. The number of nitrogens with one attached hydrogen (secondary N) is 2. The quantitative estimate of drug-likeness (QED) is 0.829. The van der Waals surface area contributed by atoms with Crippen LogP contribution >= 0.6 is 15.9 Å². The lowest BCUT2D eigenvalue weighted by Gasteiger charge is -2.08. The summed E-state index contributed by atoms with van der Waals surface area (Å²) in [7, 11) is 0. The summed E-state index contributed by atoms with van der Waals surface area (Å²) in [4.78, 5) is 8.16. The van der Waals surface area contributed by atoms with Crippen LogP contribution in [0.4, 0.5) is 11.6 Å². The molecule has 1 aromatic heterocycles. The third-order valence-electron chi connectivity index (χ3n) is 2.43. The Morgan fingerprint density at radius 3 is 2.63 bits per heavy atom. The highest BCUT2D eigenvalue weighted by atomic mass is 79.9. The number of aromatic nitrogens is 2. The summed E-state index contributed by atoms with van der Waals surface area (Å²) in [5.41, 5.74) is 1.15. The van der Waals surface area contributed by atoms with E-state index < -0.39 is 0 Å². The molecule has 0 atom stereocenters. The number of anilines is 2. The van der Waals surface area contributed by atoms with Crippen LogP contribution in [0.3, 0.4) is 0 Å². The third-order valence-corrected chi connectivity index (χ3v) is 3.21. The summed E-state index contributed by atoms with van der Waals surface area (Å²) in [6.07, 6.45) is 1.46. The minimum absolute atomic E-state index is 0.223. The molecule has 0 radical (unpaired) electrons. The van der Waals surface area contributed by atoms with E-state index in [-0.39, 0.29) is 6.54 Å². The summed E-state index contributed by atoms with van der Waals surface area (Å²) in [6.45, 7) is 0.886. The highest BCUT2D eigenvalue weighted by Gasteiger charge is 2.01. The van der Waals surface area contributed by atoms with Gasteiger partial charge in [0.2, 0.25) is 0 Å². The van der Waals surface area contributed by atoms with Gasteiger partial charge < -0.3 is 10.6 Å². The van der Waals surface area contributed by atoms with Gasteiger partial charge in [-0.25, -0.2) is 9.97 Å². The zero-order chi connectivity index (χ0) is 13.5. The van der Waals surface area contributed by atoms with Crippen molar-refractivity contribution >= 4 is 27.6 Å². The predicted octanol–water partition coefficient (Wildman–Crippen LogP) is 2.79. The molecule has 0 unspecified atom stereocenters. The molecule has 0 saturated heterocycles. The van der Waals surface area contributed by atoms with Gasteiger partial charge in [0.05, 0.1) is 6.07 Å². The Morgan fingerprint density at radius 1 is 1.16 bits per heavy atom. The molecule has 0 amide bonds. The Balaban J connectivity index is 2.00. The lowest BCUT2D eigenvalue weighted by atomic mass is 10.2. The van der Waals surface area contributed by atoms with Crippen molar-refractivity contribution < 1.29 is 0 Å². The van der Waals surface area contributed by atoms with E-state index in [1.54, 1.807) is 6.07 Å². The first-order chi connectivity index (χ1) is 9.29. The number of benzene rings is 1. The van der Waals surface area contributed by atoms with E-state index >= 15 is 0 Å². The number of halogens is 1. The fraction of sp³-hybridized carbons (Fsp3) is 0.154. The van der Waals surface area contributed by atoms with Crippen molar-refractivity contribution in [2.75, 3.05) is 17.2 Å². The fourth-order valence-electron chi connectivity index (χ4n) is 1.51. The molecule has 6 heteroatoms.